The summed E-state index contributed by atoms with van der Waals surface area (Å²) in [5, 5.41) is 3.18. The maximum Gasteiger partial charge on any atom is 0.270 e. The number of carbonyl (C=O) groups excluding carboxylic acids is 1. The summed E-state index contributed by atoms with van der Waals surface area (Å²) in [6.07, 6.45) is 1.46. The Hall–Kier alpha value is -1.94. The van der Waals surface area contributed by atoms with Crippen molar-refractivity contribution < 1.29 is 9.18 Å². The molecule has 0 aliphatic heterocycles. The summed E-state index contributed by atoms with van der Waals surface area (Å²) in [6.45, 7) is 1.78. The van der Waals surface area contributed by atoms with Crippen LogP contribution in [0.4, 0.5) is 4.39 Å². The van der Waals surface area contributed by atoms with Crippen LogP contribution < -0.4 is 5.32 Å². The van der Waals surface area contributed by atoms with Crippen LogP contribution in [-0.4, -0.2) is 10.9 Å². The molecule has 1 N–H and O–H groups in total. The van der Waals surface area contributed by atoms with Crippen LogP contribution in [0.25, 0.3) is 0 Å². The summed E-state index contributed by atoms with van der Waals surface area (Å²) in [7, 11) is 0. The molecule has 1 unspecified atom stereocenters. The fraction of sp³-hybridized carbons (Fsp3) is 0.143. The first-order valence-corrected chi connectivity index (χ1v) is 6.12. The Morgan fingerprint density at radius 2 is 2.16 bits per heavy atom. The van der Waals surface area contributed by atoms with E-state index in [1.807, 2.05) is 0 Å². The molecule has 2 rings (SSSR count). The lowest BCUT2D eigenvalue weighted by Gasteiger charge is -2.14. The highest BCUT2D eigenvalue weighted by Gasteiger charge is 2.13. The van der Waals surface area contributed by atoms with E-state index in [-0.39, 0.29) is 23.5 Å². The van der Waals surface area contributed by atoms with E-state index in [2.05, 4.69) is 10.3 Å². The zero-order valence-corrected chi connectivity index (χ0v) is 11.0. The van der Waals surface area contributed by atoms with Crippen molar-refractivity contribution in [2.24, 2.45) is 0 Å². The zero-order valence-electron chi connectivity index (χ0n) is 10.2. The highest BCUT2D eigenvalue weighted by molar-refractivity contribution is 6.30. The van der Waals surface area contributed by atoms with Gasteiger partial charge < -0.3 is 5.32 Å². The Bertz CT molecular complexity index is 604. The van der Waals surface area contributed by atoms with Crippen LogP contribution in [0.2, 0.25) is 5.02 Å². The summed E-state index contributed by atoms with van der Waals surface area (Å²) in [5.41, 5.74) is 0.922. The fourth-order valence-corrected chi connectivity index (χ4v) is 1.82. The molecule has 98 valence electrons. The topological polar surface area (TPSA) is 42.0 Å². The Balaban J connectivity index is 2.11. The third-order valence-corrected chi connectivity index (χ3v) is 2.89. The predicted octanol–water partition coefficient (Wildman–Crippen LogP) is 3.37. The smallest absolute Gasteiger partial charge is 0.270 e. The third-order valence-electron chi connectivity index (χ3n) is 2.65. The number of hydrogen-bond acceptors (Lipinski definition) is 2. The number of benzene rings is 1. The molecule has 0 bridgehead atoms. The average molecular weight is 279 g/mol. The van der Waals surface area contributed by atoms with Crippen molar-refractivity contribution in [1.29, 1.82) is 0 Å². The van der Waals surface area contributed by atoms with Gasteiger partial charge in [-0.3, -0.25) is 9.78 Å². The van der Waals surface area contributed by atoms with Gasteiger partial charge in [0.25, 0.3) is 5.91 Å². The van der Waals surface area contributed by atoms with Gasteiger partial charge in [0.15, 0.2) is 0 Å². The minimum absolute atomic E-state index is 0.232. The van der Waals surface area contributed by atoms with Gasteiger partial charge in [0.05, 0.1) is 6.04 Å². The van der Waals surface area contributed by atoms with E-state index < -0.39 is 0 Å². The standard InChI is InChI=1S/C14H12ClFN2O/c1-9(10-3-2-4-12(16)7-10)18-14(19)13-8-11(15)5-6-17-13/h2-9H,1H3,(H,18,19). The van der Waals surface area contributed by atoms with Crippen LogP contribution in [0.15, 0.2) is 42.6 Å². The lowest BCUT2D eigenvalue weighted by atomic mass is 10.1. The highest BCUT2D eigenvalue weighted by Crippen LogP contribution is 2.14. The van der Waals surface area contributed by atoms with Gasteiger partial charge in [-0.2, -0.15) is 0 Å². The molecule has 0 aliphatic rings. The molecule has 1 aromatic heterocycles. The van der Waals surface area contributed by atoms with Gasteiger partial charge >= 0.3 is 0 Å². The van der Waals surface area contributed by atoms with Gasteiger partial charge in [-0.05, 0) is 36.8 Å². The number of amides is 1. The Labute approximate surface area is 115 Å². The highest BCUT2D eigenvalue weighted by atomic mass is 35.5. The molecule has 0 fully saturated rings. The van der Waals surface area contributed by atoms with Crippen molar-refractivity contribution in [3.63, 3.8) is 0 Å². The van der Waals surface area contributed by atoms with Gasteiger partial charge in [-0.25, -0.2) is 4.39 Å². The number of nitrogens with zero attached hydrogens (tertiary/aromatic N) is 1. The number of pyridine rings is 1. The van der Waals surface area contributed by atoms with E-state index >= 15 is 0 Å². The normalized spacial score (nSPS) is 11.9. The second-order valence-electron chi connectivity index (χ2n) is 4.11. The van der Waals surface area contributed by atoms with E-state index in [0.717, 1.165) is 0 Å². The van der Waals surface area contributed by atoms with Crippen molar-refractivity contribution in [1.82, 2.24) is 10.3 Å². The SMILES string of the molecule is CC(NC(=O)c1cc(Cl)ccn1)c1cccc(F)c1. The van der Waals surface area contributed by atoms with Crippen LogP contribution in [-0.2, 0) is 0 Å². The van der Waals surface area contributed by atoms with Crippen molar-refractivity contribution in [3.05, 3.63) is 64.7 Å². The molecule has 19 heavy (non-hydrogen) atoms. The van der Waals surface area contributed by atoms with Crippen LogP contribution in [0.5, 0.6) is 0 Å². The molecule has 3 nitrogen and oxygen atoms in total. The van der Waals surface area contributed by atoms with Gasteiger partial charge in [0, 0.05) is 11.2 Å². The zero-order chi connectivity index (χ0) is 13.8. The summed E-state index contributed by atoms with van der Waals surface area (Å²) < 4.78 is 13.1. The molecular formula is C14H12ClFN2O. The summed E-state index contributed by atoms with van der Waals surface area (Å²) >= 11 is 5.79. The first kappa shape index (κ1) is 13.5. The molecule has 2 aromatic rings. The van der Waals surface area contributed by atoms with Crippen molar-refractivity contribution in [2.75, 3.05) is 0 Å². The lowest BCUT2D eigenvalue weighted by molar-refractivity contribution is 0.0935. The van der Waals surface area contributed by atoms with E-state index in [0.29, 0.717) is 10.6 Å². The second-order valence-corrected chi connectivity index (χ2v) is 4.55. The first-order chi connectivity index (χ1) is 9.06. The van der Waals surface area contributed by atoms with Crippen LogP contribution in [0.3, 0.4) is 0 Å². The monoisotopic (exact) mass is 278 g/mol. The van der Waals surface area contributed by atoms with E-state index in [4.69, 9.17) is 11.6 Å². The average Bonchev–Trinajstić information content (AvgIpc) is 2.38. The van der Waals surface area contributed by atoms with Crippen LogP contribution in [0, 0.1) is 5.82 Å². The molecule has 0 spiro atoms. The van der Waals surface area contributed by atoms with Gasteiger partial charge in [-0.1, -0.05) is 23.7 Å². The largest absolute Gasteiger partial charge is 0.344 e. The van der Waals surface area contributed by atoms with Gasteiger partial charge in [0.1, 0.15) is 11.5 Å². The molecule has 1 amide bonds. The molecule has 0 aliphatic carbocycles. The molecule has 5 heteroatoms. The van der Waals surface area contributed by atoms with Crippen molar-refractivity contribution in [3.8, 4) is 0 Å². The van der Waals surface area contributed by atoms with Crippen molar-refractivity contribution in [2.45, 2.75) is 13.0 Å². The maximum atomic E-state index is 13.1. The number of rotatable bonds is 3. The number of carbonyl (C=O) groups is 1. The second kappa shape index (κ2) is 5.80. The maximum absolute atomic E-state index is 13.1. The Morgan fingerprint density at radius 1 is 1.37 bits per heavy atom. The summed E-state index contributed by atoms with van der Waals surface area (Å²) in [6, 6.07) is 8.85. The number of hydrogen-bond donors (Lipinski definition) is 1. The molecule has 0 radical (unpaired) electrons. The Kier molecular flexibility index (Phi) is 4.12. The third kappa shape index (κ3) is 3.51. The van der Waals surface area contributed by atoms with Gasteiger partial charge in [-0.15, -0.1) is 0 Å². The van der Waals surface area contributed by atoms with Crippen molar-refractivity contribution >= 4 is 17.5 Å². The summed E-state index contributed by atoms with van der Waals surface area (Å²) in [5.74, 6) is -0.682. The van der Waals surface area contributed by atoms with Gasteiger partial charge in [0.2, 0.25) is 0 Å². The van der Waals surface area contributed by atoms with Crippen LogP contribution in [0.1, 0.15) is 29.0 Å². The van der Waals surface area contributed by atoms with E-state index in [1.54, 1.807) is 25.1 Å². The number of nitrogens with one attached hydrogen (secondary N) is 1. The molecule has 1 heterocycles. The minimum Gasteiger partial charge on any atom is -0.344 e. The van der Waals surface area contributed by atoms with E-state index in [1.165, 1.54) is 24.4 Å². The molecule has 0 saturated heterocycles. The predicted molar refractivity (Wildman–Crippen MR) is 71.5 cm³/mol. The van der Waals surface area contributed by atoms with Crippen LogP contribution >= 0.6 is 11.6 Å². The molecular weight excluding hydrogens is 267 g/mol. The molecule has 1 aromatic carbocycles. The summed E-state index contributed by atoms with van der Waals surface area (Å²) in [4.78, 5) is 15.9. The number of aromatic nitrogens is 1. The first-order valence-electron chi connectivity index (χ1n) is 5.74. The Morgan fingerprint density at radius 3 is 2.84 bits per heavy atom. The van der Waals surface area contributed by atoms with E-state index in [9.17, 15) is 9.18 Å². The molecule has 1 atom stereocenters. The fourth-order valence-electron chi connectivity index (χ4n) is 1.66. The number of halogens is 2. The minimum atomic E-state index is -0.348. The quantitative estimate of drug-likeness (QED) is 0.935. The lowest BCUT2D eigenvalue weighted by Crippen LogP contribution is -2.27. The molecule has 0 saturated carbocycles.